The smallest absolute Gasteiger partial charge is 0.406 e. The van der Waals surface area contributed by atoms with Crippen LogP contribution in [0.15, 0.2) is 42.0 Å². The number of ether oxygens (including phenoxy) is 4. The number of nitrogens with one attached hydrogen (secondary N) is 2. The molecule has 50 heavy (non-hydrogen) atoms. The molecule has 3 aliphatic heterocycles. The molecule has 0 amide bonds. The van der Waals surface area contributed by atoms with Crippen LogP contribution in [0.3, 0.4) is 0 Å². The van der Waals surface area contributed by atoms with Gasteiger partial charge < -0.3 is 40.6 Å². The second-order valence-corrected chi connectivity index (χ2v) is 13.5. The van der Waals surface area contributed by atoms with Gasteiger partial charge in [-0.3, -0.25) is 28.0 Å². The third kappa shape index (κ3) is 5.92. The Bertz CT molecular complexity index is 2160. The van der Waals surface area contributed by atoms with Crippen molar-refractivity contribution in [2.45, 2.75) is 56.3 Å². The van der Waals surface area contributed by atoms with E-state index in [9.17, 15) is 19.6 Å². The Balaban J connectivity index is 1.02. The molecule has 3 aliphatic rings. The molecule has 3 unspecified atom stereocenters. The molecule has 2 saturated heterocycles. The SMILES string of the molecule is Nc1nc2c(ncn2[C@H]2CC(O)[C@@H](COP(=O)(NCc3cccc4c3OCO4)OC3C[C@H](n4cnc5c(N)ncnc54)O[C@@H]3CO)O2)c(=O)[nH]1. The van der Waals surface area contributed by atoms with E-state index in [1.54, 1.807) is 22.8 Å². The number of hydrogen-bond acceptors (Lipinski definition) is 17. The van der Waals surface area contributed by atoms with Crippen LogP contribution in [0.4, 0.5) is 11.8 Å². The molecule has 22 heteroatoms. The molecule has 1 aromatic carbocycles. The lowest BCUT2D eigenvalue weighted by Crippen LogP contribution is -2.32. The van der Waals surface area contributed by atoms with Crippen LogP contribution >= 0.6 is 7.75 Å². The molecule has 7 heterocycles. The van der Waals surface area contributed by atoms with Crippen molar-refractivity contribution >= 4 is 41.8 Å². The van der Waals surface area contributed by atoms with Crippen molar-refractivity contribution in [1.82, 2.24) is 44.1 Å². The van der Waals surface area contributed by atoms with Crippen LogP contribution < -0.4 is 31.6 Å². The molecule has 2 fully saturated rings. The second kappa shape index (κ2) is 12.9. The summed E-state index contributed by atoms with van der Waals surface area (Å²) in [6.07, 6.45) is -1.04. The fourth-order valence-corrected chi connectivity index (χ4v) is 7.70. The van der Waals surface area contributed by atoms with Gasteiger partial charge in [-0.05, 0) is 6.07 Å². The molecule has 0 bridgehead atoms. The van der Waals surface area contributed by atoms with Gasteiger partial charge in [-0.1, -0.05) is 12.1 Å². The molecule has 4 aromatic heterocycles. The topological polar surface area (TPSA) is 284 Å². The number of H-pyrrole nitrogens is 1. The maximum absolute atomic E-state index is 14.5. The first-order chi connectivity index (χ1) is 24.2. The highest BCUT2D eigenvalue weighted by molar-refractivity contribution is 7.51. The highest BCUT2D eigenvalue weighted by atomic mass is 31.2. The van der Waals surface area contributed by atoms with Crippen molar-refractivity contribution in [3.05, 3.63) is 53.1 Å². The van der Waals surface area contributed by atoms with Gasteiger partial charge in [0.15, 0.2) is 34.1 Å². The number of nitrogen functional groups attached to an aromatic ring is 2. The van der Waals surface area contributed by atoms with Crippen molar-refractivity contribution < 1.29 is 42.8 Å². The average Bonchev–Trinajstić information content (AvgIpc) is 3.93. The number of nitrogens with zero attached hydrogens (tertiary/aromatic N) is 7. The largest absolute Gasteiger partial charge is 0.454 e. The van der Waals surface area contributed by atoms with Gasteiger partial charge in [0.05, 0.1) is 32.0 Å². The minimum absolute atomic E-state index is 0.0215. The number of aromatic nitrogens is 8. The van der Waals surface area contributed by atoms with E-state index in [-0.39, 0.29) is 55.7 Å². The zero-order valence-electron chi connectivity index (χ0n) is 26.1. The lowest BCUT2D eigenvalue weighted by molar-refractivity contribution is -0.0509. The van der Waals surface area contributed by atoms with Gasteiger partial charge in [-0.2, -0.15) is 4.98 Å². The number of imidazole rings is 2. The normalized spacial score (nSPS) is 25.9. The molecular formula is C28H32N11O10P. The molecule has 264 valence electrons. The maximum atomic E-state index is 14.5. The summed E-state index contributed by atoms with van der Waals surface area (Å²) < 4.78 is 53.0. The number of rotatable bonds is 11. The molecular weight excluding hydrogens is 681 g/mol. The van der Waals surface area contributed by atoms with E-state index in [1.165, 1.54) is 23.5 Å². The fraction of sp³-hybridized carbons (Fsp3) is 0.429. The number of hydrogen-bond donors (Lipinski definition) is 6. The van der Waals surface area contributed by atoms with Crippen molar-refractivity contribution in [2.24, 2.45) is 0 Å². The summed E-state index contributed by atoms with van der Waals surface area (Å²) in [5.74, 6) is 1.10. The quantitative estimate of drug-likeness (QED) is 0.0988. The van der Waals surface area contributed by atoms with Crippen LogP contribution in [0.2, 0.25) is 0 Å². The monoisotopic (exact) mass is 713 g/mol. The minimum Gasteiger partial charge on any atom is -0.454 e. The number of aromatic amines is 1. The number of aliphatic hydroxyl groups is 2. The van der Waals surface area contributed by atoms with E-state index in [2.05, 4.69) is 35.0 Å². The Labute approximate surface area is 281 Å². The predicted octanol–water partition coefficient (Wildman–Crippen LogP) is 0.0805. The zero-order valence-corrected chi connectivity index (χ0v) is 27.0. The summed E-state index contributed by atoms with van der Waals surface area (Å²) in [7, 11) is -4.27. The standard InChI is InChI=1S/C28H32N11O10P/c29-24-21-25(32-9-31-24)38(10-33-21)20-5-16(17(7-40)47-20)49-50(43,35-6-13-2-1-3-15-23(13)45-12-44-15)46-8-18-14(41)4-19(48-18)39-11-34-22-26(39)36-28(30)37-27(22)42/h1-3,9-11,14,16-20,40-41H,4-8,12H2,(H,35,43)(H2,29,31,32)(H3,30,36,37,42)/t14?,16?,17-,18-,19-,20-,50?/m1/s1. The van der Waals surface area contributed by atoms with Crippen LogP contribution in [-0.2, 0) is 29.6 Å². The third-order valence-corrected chi connectivity index (χ3v) is 10.2. The van der Waals surface area contributed by atoms with Gasteiger partial charge in [0, 0.05) is 24.9 Å². The van der Waals surface area contributed by atoms with Crippen molar-refractivity contribution in [1.29, 1.82) is 0 Å². The van der Waals surface area contributed by atoms with E-state index in [1.807, 2.05) is 0 Å². The van der Waals surface area contributed by atoms with E-state index in [4.69, 9.17) is 39.5 Å². The van der Waals surface area contributed by atoms with E-state index < -0.39 is 56.8 Å². The van der Waals surface area contributed by atoms with Gasteiger partial charge in [0.25, 0.3) is 5.56 Å². The number of benzene rings is 1. The summed E-state index contributed by atoms with van der Waals surface area (Å²) in [5.41, 5.74) is 12.8. The van der Waals surface area contributed by atoms with E-state index >= 15 is 0 Å². The number of aliphatic hydroxyl groups excluding tert-OH is 2. The number of para-hydroxylation sites is 1. The molecule has 5 aromatic rings. The predicted molar refractivity (Wildman–Crippen MR) is 170 cm³/mol. The molecule has 21 nitrogen and oxygen atoms in total. The van der Waals surface area contributed by atoms with Gasteiger partial charge in [-0.25, -0.2) is 29.6 Å². The number of anilines is 2. The number of fused-ring (bicyclic) bond motifs is 3. The Morgan fingerprint density at radius 2 is 1.80 bits per heavy atom. The molecule has 8 N–H and O–H groups in total. The molecule has 0 saturated carbocycles. The maximum Gasteiger partial charge on any atom is 0.406 e. The van der Waals surface area contributed by atoms with Gasteiger partial charge >= 0.3 is 7.75 Å². The molecule has 0 spiro atoms. The Morgan fingerprint density at radius 3 is 2.64 bits per heavy atom. The molecule has 0 aliphatic carbocycles. The fourth-order valence-electron chi connectivity index (χ4n) is 6.19. The zero-order chi connectivity index (χ0) is 34.6. The van der Waals surface area contributed by atoms with Crippen molar-refractivity contribution in [3.8, 4) is 11.5 Å². The first-order valence-electron chi connectivity index (χ1n) is 15.5. The van der Waals surface area contributed by atoms with Crippen LogP contribution in [0.1, 0.15) is 30.9 Å². The lowest BCUT2D eigenvalue weighted by atomic mass is 10.2. The minimum atomic E-state index is -4.27. The summed E-state index contributed by atoms with van der Waals surface area (Å²) in [4.78, 5) is 35.4. The average molecular weight is 714 g/mol. The second-order valence-electron chi connectivity index (χ2n) is 11.8. The summed E-state index contributed by atoms with van der Waals surface area (Å²) in [6.45, 7) is -0.822. The van der Waals surface area contributed by atoms with Crippen LogP contribution in [0.5, 0.6) is 11.5 Å². The first-order valence-corrected chi connectivity index (χ1v) is 17.0. The van der Waals surface area contributed by atoms with Crippen molar-refractivity contribution in [2.75, 3.05) is 31.5 Å². The van der Waals surface area contributed by atoms with Crippen LogP contribution in [-0.4, -0.2) is 93.7 Å². The van der Waals surface area contributed by atoms with Crippen LogP contribution in [0, 0.1) is 0 Å². The van der Waals surface area contributed by atoms with Gasteiger partial charge in [0.2, 0.25) is 12.7 Å². The molecule has 8 rings (SSSR count). The van der Waals surface area contributed by atoms with Crippen molar-refractivity contribution in [3.63, 3.8) is 0 Å². The first kappa shape index (κ1) is 32.5. The van der Waals surface area contributed by atoms with Gasteiger partial charge in [0.1, 0.15) is 42.6 Å². The Morgan fingerprint density at radius 1 is 1.02 bits per heavy atom. The highest BCUT2D eigenvalue weighted by Crippen LogP contribution is 2.50. The van der Waals surface area contributed by atoms with Crippen LogP contribution in [0.25, 0.3) is 22.3 Å². The molecule has 7 atom stereocenters. The third-order valence-electron chi connectivity index (χ3n) is 8.65. The number of nitrogens with two attached hydrogens (primary N) is 2. The van der Waals surface area contributed by atoms with E-state index in [0.29, 0.717) is 28.2 Å². The van der Waals surface area contributed by atoms with E-state index in [0.717, 1.165) is 0 Å². The summed E-state index contributed by atoms with van der Waals surface area (Å²) in [5, 5.41) is 24.1. The Kier molecular flexibility index (Phi) is 8.35. The van der Waals surface area contributed by atoms with Gasteiger partial charge in [-0.15, -0.1) is 0 Å². The summed E-state index contributed by atoms with van der Waals surface area (Å²) in [6, 6.07) is 5.28. The lowest BCUT2D eigenvalue weighted by Gasteiger charge is -2.26. The summed E-state index contributed by atoms with van der Waals surface area (Å²) >= 11 is 0. The Hall–Kier alpha value is -4.73. The highest BCUT2D eigenvalue weighted by Gasteiger charge is 2.44. The molecule has 0 radical (unpaired) electrons.